The summed E-state index contributed by atoms with van der Waals surface area (Å²) in [4.78, 5) is 11.3. The van der Waals surface area contributed by atoms with Crippen molar-refractivity contribution in [3.8, 4) is 0 Å². The van der Waals surface area contributed by atoms with E-state index in [1.807, 2.05) is 18.2 Å². The highest BCUT2D eigenvalue weighted by atomic mass is 15.2. The third kappa shape index (κ3) is 3.70. The van der Waals surface area contributed by atoms with E-state index in [1.54, 1.807) is 6.20 Å². The number of likely N-dealkylation sites (tertiary alicyclic amines) is 1. The molecular formula is C15H23N5. The minimum Gasteiger partial charge on any atom is -0.370 e. The first-order valence-corrected chi connectivity index (χ1v) is 7.53. The number of piperidine rings is 1. The average molecular weight is 273 g/mol. The molecule has 0 spiro atoms. The summed E-state index contributed by atoms with van der Waals surface area (Å²) in [6, 6.07) is 6.59. The molecule has 0 unspecified atom stereocenters. The lowest BCUT2D eigenvalue weighted by molar-refractivity contribution is 0.179. The number of nitrogens with two attached hydrogens (primary N) is 1. The Balaban J connectivity index is 1.43. The first-order chi connectivity index (χ1) is 9.81. The zero-order valence-corrected chi connectivity index (χ0v) is 11.8. The number of nitrogens with one attached hydrogen (secondary N) is 1. The number of guanidine groups is 1. The predicted octanol–water partition coefficient (Wildman–Crippen LogP) is 1.68. The van der Waals surface area contributed by atoms with Crippen molar-refractivity contribution in [2.45, 2.75) is 31.7 Å². The summed E-state index contributed by atoms with van der Waals surface area (Å²) in [6.07, 6.45) is 7.05. The Labute approximate surface area is 120 Å². The normalized spacial score (nSPS) is 21.9. The van der Waals surface area contributed by atoms with Crippen molar-refractivity contribution in [1.82, 2.24) is 9.88 Å². The van der Waals surface area contributed by atoms with E-state index < -0.39 is 0 Å². The van der Waals surface area contributed by atoms with Crippen LogP contribution in [-0.2, 0) is 0 Å². The molecule has 3 rings (SSSR count). The second kappa shape index (κ2) is 6.22. The summed E-state index contributed by atoms with van der Waals surface area (Å²) in [5.74, 6) is 1.89. The lowest BCUT2D eigenvalue weighted by atomic mass is 9.97. The predicted molar refractivity (Wildman–Crippen MR) is 81.7 cm³/mol. The highest BCUT2D eigenvalue weighted by molar-refractivity contribution is 5.91. The van der Waals surface area contributed by atoms with Gasteiger partial charge in [0.2, 0.25) is 0 Å². The van der Waals surface area contributed by atoms with Crippen molar-refractivity contribution in [3.63, 3.8) is 0 Å². The van der Waals surface area contributed by atoms with E-state index in [0.717, 1.165) is 18.4 Å². The van der Waals surface area contributed by atoms with Crippen LogP contribution < -0.4 is 11.1 Å². The summed E-state index contributed by atoms with van der Waals surface area (Å²) in [5.41, 5.74) is 5.90. The molecule has 3 N–H and O–H groups in total. The van der Waals surface area contributed by atoms with Crippen molar-refractivity contribution < 1.29 is 0 Å². The lowest BCUT2D eigenvalue weighted by Gasteiger charge is -2.31. The van der Waals surface area contributed by atoms with E-state index in [-0.39, 0.29) is 0 Å². The number of hydrogen-bond donors (Lipinski definition) is 2. The number of aliphatic imine (C=N–C) groups is 1. The smallest absolute Gasteiger partial charge is 0.194 e. The summed E-state index contributed by atoms with van der Waals surface area (Å²) >= 11 is 0. The van der Waals surface area contributed by atoms with Crippen LogP contribution in [0.4, 0.5) is 5.82 Å². The number of rotatable bonds is 4. The Bertz CT molecular complexity index is 447. The Morgan fingerprint density at radius 3 is 2.75 bits per heavy atom. The first-order valence-electron chi connectivity index (χ1n) is 7.53. The molecule has 1 saturated heterocycles. The van der Waals surface area contributed by atoms with Gasteiger partial charge >= 0.3 is 0 Å². The maximum atomic E-state index is 5.90. The zero-order chi connectivity index (χ0) is 13.8. The zero-order valence-electron chi connectivity index (χ0n) is 11.8. The SMILES string of the molecule is NC(=NCC1CCN(C2CC2)CC1)Nc1ccccn1. The van der Waals surface area contributed by atoms with Gasteiger partial charge in [0.15, 0.2) is 5.96 Å². The molecule has 1 aromatic heterocycles. The van der Waals surface area contributed by atoms with Gasteiger partial charge in [-0.3, -0.25) is 4.99 Å². The Kier molecular flexibility index (Phi) is 4.16. The number of pyridine rings is 1. The summed E-state index contributed by atoms with van der Waals surface area (Å²) in [7, 11) is 0. The molecule has 1 aliphatic heterocycles. The van der Waals surface area contributed by atoms with E-state index in [4.69, 9.17) is 5.73 Å². The maximum Gasteiger partial charge on any atom is 0.194 e. The van der Waals surface area contributed by atoms with Gasteiger partial charge in [-0.1, -0.05) is 6.07 Å². The summed E-state index contributed by atoms with van der Waals surface area (Å²) in [5, 5.41) is 3.02. The topological polar surface area (TPSA) is 66.5 Å². The molecule has 2 aliphatic rings. The molecule has 0 amide bonds. The molecule has 0 bridgehead atoms. The molecule has 2 fully saturated rings. The van der Waals surface area contributed by atoms with E-state index in [0.29, 0.717) is 11.9 Å². The van der Waals surface area contributed by atoms with Crippen molar-refractivity contribution in [2.24, 2.45) is 16.6 Å². The molecule has 1 saturated carbocycles. The van der Waals surface area contributed by atoms with Crippen LogP contribution in [-0.4, -0.2) is 41.5 Å². The van der Waals surface area contributed by atoms with Gasteiger partial charge in [-0.15, -0.1) is 0 Å². The monoisotopic (exact) mass is 273 g/mol. The molecule has 108 valence electrons. The minimum atomic E-state index is 0.466. The molecule has 1 aliphatic carbocycles. The van der Waals surface area contributed by atoms with Crippen LogP contribution in [0.15, 0.2) is 29.4 Å². The largest absolute Gasteiger partial charge is 0.370 e. The van der Waals surface area contributed by atoms with Crippen LogP contribution in [0.5, 0.6) is 0 Å². The van der Waals surface area contributed by atoms with Crippen LogP contribution in [0.3, 0.4) is 0 Å². The van der Waals surface area contributed by atoms with Crippen LogP contribution in [0.2, 0.25) is 0 Å². The Hall–Kier alpha value is -1.62. The van der Waals surface area contributed by atoms with Gasteiger partial charge in [0.1, 0.15) is 5.82 Å². The molecule has 5 nitrogen and oxygen atoms in total. The summed E-state index contributed by atoms with van der Waals surface area (Å²) in [6.45, 7) is 3.29. The van der Waals surface area contributed by atoms with E-state index in [2.05, 4.69) is 20.2 Å². The van der Waals surface area contributed by atoms with Gasteiger partial charge in [-0.25, -0.2) is 4.98 Å². The highest BCUT2D eigenvalue weighted by Gasteiger charge is 2.31. The van der Waals surface area contributed by atoms with Crippen molar-refractivity contribution in [2.75, 3.05) is 25.0 Å². The third-order valence-corrected chi connectivity index (χ3v) is 4.15. The lowest BCUT2D eigenvalue weighted by Crippen LogP contribution is -2.36. The quantitative estimate of drug-likeness (QED) is 0.647. The van der Waals surface area contributed by atoms with Crippen molar-refractivity contribution in [3.05, 3.63) is 24.4 Å². The fraction of sp³-hybridized carbons (Fsp3) is 0.600. The van der Waals surface area contributed by atoms with Crippen molar-refractivity contribution in [1.29, 1.82) is 0 Å². The number of hydrogen-bond acceptors (Lipinski definition) is 3. The van der Waals surface area contributed by atoms with Crippen LogP contribution in [0, 0.1) is 5.92 Å². The molecule has 0 radical (unpaired) electrons. The molecule has 0 aromatic carbocycles. The van der Waals surface area contributed by atoms with Crippen molar-refractivity contribution >= 4 is 11.8 Å². The van der Waals surface area contributed by atoms with Gasteiger partial charge in [-0.2, -0.15) is 0 Å². The Morgan fingerprint density at radius 1 is 1.30 bits per heavy atom. The van der Waals surface area contributed by atoms with E-state index >= 15 is 0 Å². The number of nitrogens with zero attached hydrogens (tertiary/aromatic N) is 3. The van der Waals surface area contributed by atoms with E-state index in [1.165, 1.54) is 38.8 Å². The summed E-state index contributed by atoms with van der Waals surface area (Å²) < 4.78 is 0. The molecule has 1 aromatic rings. The van der Waals surface area contributed by atoms with Gasteiger partial charge in [-0.05, 0) is 56.8 Å². The minimum absolute atomic E-state index is 0.466. The fourth-order valence-electron chi connectivity index (χ4n) is 2.78. The van der Waals surface area contributed by atoms with Gasteiger partial charge in [0.25, 0.3) is 0 Å². The maximum absolute atomic E-state index is 5.90. The average Bonchev–Trinajstić information content (AvgIpc) is 3.31. The first kappa shape index (κ1) is 13.4. The number of anilines is 1. The third-order valence-electron chi connectivity index (χ3n) is 4.15. The number of aromatic nitrogens is 1. The molecule has 20 heavy (non-hydrogen) atoms. The van der Waals surface area contributed by atoms with Gasteiger partial charge in [0.05, 0.1) is 0 Å². The van der Waals surface area contributed by atoms with Crippen LogP contribution >= 0.6 is 0 Å². The standard InChI is InChI=1S/C15H23N5/c16-15(19-14-3-1-2-8-17-14)18-11-12-6-9-20(10-7-12)13-4-5-13/h1-3,8,12-13H,4-7,9-11H2,(H3,16,17,18,19). The van der Waals surface area contributed by atoms with Gasteiger partial charge < -0.3 is 16.0 Å². The van der Waals surface area contributed by atoms with Gasteiger partial charge in [0, 0.05) is 18.8 Å². The van der Waals surface area contributed by atoms with Crippen LogP contribution in [0.1, 0.15) is 25.7 Å². The Morgan fingerprint density at radius 2 is 2.10 bits per heavy atom. The second-order valence-corrected chi connectivity index (χ2v) is 5.78. The molecule has 0 atom stereocenters. The highest BCUT2D eigenvalue weighted by Crippen LogP contribution is 2.30. The fourth-order valence-corrected chi connectivity index (χ4v) is 2.78. The molecule has 2 heterocycles. The second-order valence-electron chi connectivity index (χ2n) is 5.78. The molecule has 5 heteroatoms. The molecular weight excluding hydrogens is 250 g/mol. The van der Waals surface area contributed by atoms with E-state index in [9.17, 15) is 0 Å². The van der Waals surface area contributed by atoms with Crippen LogP contribution in [0.25, 0.3) is 0 Å².